The van der Waals surface area contributed by atoms with Crippen molar-refractivity contribution < 1.29 is 0 Å². The lowest BCUT2D eigenvalue weighted by Gasteiger charge is -2.06. The molecule has 1 rings (SSSR count). The normalized spacial score (nSPS) is 10.1. The van der Waals surface area contributed by atoms with Gasteiger partial charge < -0.3 is 5.73 Å². The highest BCUT2D eigenvalue weighted by molar-refractivity contribution is 7.99. The van der Waals surface area contributed by atoms with Crippen LogP contribution in [0.1, 0.15) is 18.9 Å². The van der Waals surface area contributed by atoms with Gasteiger partial charge in [-0.05, 0) is 38.0 Å². The molecular weight excluding hydrogens is 190 g/mol. The minimum absolute atomic E-state index is 0.841. The summed E-state index contributed by atoms with van der Waals surface area (Å²) in [5, 5.41) is 0. The summed E-state index contributed by atoms with van der Waals surface area (Å²) in [5.41, 5.74) is 9.10. The van der Waals surface area contributed by atoms with Gasteiger partial charge in [-0.2, -0.15) is 0 Å². The van der Waals surface area contributed by atoms with Crippen LogP contribution in [0.15, 0.2) is 35.2 Å². The van der Waals surface area contributed by atoms with E-state index < -0.39 is 0 Å². The first-order valence-electron chi connectivity index (χ1n) is 4.73. The fourth-order valence-electron chi connectivity index (χ4n) is 1.11. The molecule has 0 aliphatic rings. The number of thioether (sulfide) groups is 1. The number of aryl methyl sites for hydroxylation is 1. The van der Waals surface area contributed by atoms with E-state index in [1.54, 1.807) is 0 Å². The van der Waals surface area contributed by atoms with Crippen LogP contribution in [0.5, 0.6) is 0 Å². The van der Waals surface area contributed by atoms with Gasteiger partial charge in [0.25, 0.3) is 0 Å². The van der Waals surface area contributed by atoms with E-state index in [0.29, 0.717) is 0 Å². The SMILES string of the molecule is C=C(C)CCSc1cc(N)ccc1C. The summed E-state index contributed by atoms with van der Waals surface area (Å²) in [5.74, 6) is 1.08. The highest BCUT2D eigenvalue weighted by Gasteiger charge is 1.99. The second-order valence-electron chi connectivity index (χ2n) is 3.58. The van der Waals surface area contributed by atoms with Gasteiger partial charge in [-0.1, -0.05) is 11.6 Å². The molecular formula is C12H17NS. The van der Waals surface area contributed by atoms with E-state index in [0.717, 1.165) is 17.9 Å². The van der Waals surface area contributed by atoms with Crippen molar-refractivity contribution >= 4 is 17.4 Å². The predicted molar refractivity (Wildman–Crippen MR) is 65.7 cm³/mol. The summed E-state index contributed by atoms with van der Waals surface area (Å²) in [6.45, 7) is 8.06. The fourth-order valence-corrected chi connectivity index (χ4v) is 2.29. The number of hydrogen-bond acceptors (Lipinski definition) is 2. The summed E-state index contributed by atoms with van der Waals surface area (Å²) in [6.07, 6.45) is 1.07. The fraction of sp³-hybridized carbons (Fsp3) is 0.333. The molecule has 0 aromatic heterocycles. The predicted octanol–water partition coefficient (Wildman–Crippen LogP) is 3.64. The zero-order valence-corrected chi connectivity index (χ0v) is 9.66. The zero-order chi connectivity index (χ0) is 10.6. The van der Waals surface area contributed by atoms with Crippen molar-refractivity contribution in [2.24, 2.45) is 0 Å². The lowest BCUT2D eigenvalue weighted by molar-refractivity contribution is 1.12. The number of benzene rings is 1. The first-order chi connectivity index (χ1) is 6.59. The van der Waals surface area contributed by atoms with Gasteiger partial charge >= 0.3 is 0 Å². The molecule has 0 aliphatic carbocycles. The minimum Gasteiger partial charge on any atom is -0.399 e. The van der Waals surface area contributed by atoms with Gasteiger partial charge in [-0.15, -0.1) is 18.3 Å². The molecule has 0 spiro atoms. The number of nitrogen functional groups attached to an aromatic ring is 1. The maximum Gasteiger partial charge on any atom is 0.0325 e. The highest BCUT2D eigenvalue weighted by atomic mass is 32.2. The molecule has 0 saturated heterocycles. The Bertz CT molecular complexity index is 331. The Balaban J connectivity index is 2.57. The van der Waals surface area contributed by atoms with Crippen LogP contribution in [0.3, 0.4) is 0 Å². The molecule has 0 aliphatic heterocycles. The van der Waals surface area contributed by atoms with Crippen LogP contribution in [0, 0.1) is 6.92 Å². The Morgan fingerprint density at radius 3 is 2.86 bits per heavy atom. The van der Waals surface area contributed by atoms with Crippen LogP contribution in [0.2, 0.25) is 0 Å². The third kappa shape index (κ3) is 3.46. The van der Waals surface area contributed by atoms with E-state index in [9.17, 15) is 0 Å². The number of allylic oxidation sites excluding steroid dienone is 1. The zero-order valence-electron chi connectivity index (χ0n) is 8.84. The molecule has 0 unspecified atom stereocenters. The van der Waals surface area contributed by atoms with Gasteiger partial charge in [0.05, 0.1) is 0 Å². The molecule has 0 atom stereocenters. The molecule has 0 fully saturated rings. The van der Waals surface area contributed by atoms with Crippen LogP contribution in [-0.2, 0) is 0 Å². The molecule has 1 aromatic carbocycles. The second kappa shape index (κ2) is 5.11. The van der Waals surface area contributed by atoms with E-state index >= 15 is 0 Å². The molecule has 2 N–H and O–H groups in total. The first kappa shape index (κ1) is 11.2. The topological polar surface area (TPSA) is 26.0 Å². The minimum atomic E-state index is 0.841. The van der Waals surface area contributed by atoms with Crippen LogP contribution >= 0.6 is 11.8 Å². The molecule has 0 heterocycles. The summed E-state index contributed by atoms with van der Waals surface area (Å²) in [6, 6.07) is 6.05. The van der Waals surface area contributed by atoms with Crippen molar-refractivity contribution in [1.82, 2.24) is 0 Å². The second-order valence-corrected chi connectivity index (χ2v) is 4.72. The Labute approximate surface area is 90.4 Å². The largest absolute Gasteiger partial charge is 0.399 e. The molecule has 14 heavy (non-hydrogen) atoms. The third-order valence-electron chi connectivity index (χ3n) is 2.00. The monoisotopic (exact) mass is 207 g/mol. The third-order valence-corrected chi connectivity index (χ3v) is 3.16. The van der Waals surface area contributed by atoms with Gasteiger partial charge in [-0.25, -0.2) is 0 Å². The van der Waals surface area contributed by atoms with Crippen molar-refractivity contribution in [3.05, 3.63) is 35.9 Å². The molecule has 0 amide bonds. The van der Waals surface area contributed by atoms with E-state index in [4.69, 9.17) is 5.73 Å². The summed E-state index contributed by atoms with van der Waals surface area (Å²) >= 11 is 1.85. The van der Waals surface area contributed by atoms with Crippen LogP contribution in [0.25, 0.3) is 0 Å². The Hall–Kier alpha value is -0.890. The Morgan fingerprint density at radius 2 is 2.21 bits per heavy atom. The molecule has 0 saturated carbocycles. The van der Waals surface area contributed by atoms with Crippen molar-refractivity contribution in [2.75, 3.05) is 11.5 Å². The van der Waals surface area contributed by atoms with Gasteiger partial charge in [0.2, 0.25) is 0 Å². The van der Waals surface area contributed by atoms with Crippen LogP contribution in [0.4, 0.5) is 5.69 Å². The average molecular weight is 207 g/mol. The van der Waals surface area contributed by atoms with Crippen molar-refractivity contribution in [2.45, 2.75) is 25.2 Å². The van der Waals surface area contributed by atoms with E-state index in [1.165, 1.54) is 16.0 Å². The quantitative estimate of drug-likeness (QED) is 0.463. The number of nitrogens with two attached hydrogens (primary N) is 1. The van der Waals surface area contributed by atoms with Gasteiger partial charge in [-0.3, -0.25) is 0 Å². The van der Waals surface area contributed by atoms with Crippen molar-refractivity contribution in [3.8, 4) is 0 Å². The lowest BCUT2D eigenvalue weighted by atomic mass is 10.2. The lowest BCUT2D eigenvalue weighted by Crippen LogP contribution is -1.88. The standard InChI is InChI=1S/C12H17NS/c1-9(2)6-7-14-12-8-11(13)5-4-10(12)3/h4-5,8H,1,6-7,13H2,2-3H3. The van der Waals surface area contributed by atoms with Crippen LogP contribution < -0.4 is 5.73 Å². The summed E-state index contributed by atoms with van der Waals surface area (Å²) < 4.78 is 0. The van der Waals surface area contributed by atoms with Gasteiger partial charge in [0, 0.05) is 16.3 Å². The maximum atomic E-state index is 5.73. The van der Waals surface area contributed by atoms with E-state index in [2.05, 4.69) is 26.5 Å². The summed E-state index contributed by atoms with van der Waals surface area (Å²) in [4.78, 5) is 1.28. The number of rotatable bonds is 4. The smallest absolute Gasteiger partial charge is 0.0325 e. The number of hydrogen-bond donors (Lipinski definition) is 1. The molecule has 76 valence electrons. The number of anilines is 1. The molecule has 2 heteroatoms. The Morgan fingerprint density at radius 1 is 1.50 bits per heavy atom. The van der Waals surface area contributed by atoms with Crippen molar-refractivity contribution in [1.29, 1.82) is 0 Å². The average Bonchev–Trinajstić information content (AvgIpc) is 2.10. The summed E-state index contributed by atoms with van der Waals surface area (Å²) in [7, 11) is 0. The molecule has 0 bridgehead atoms. The molecule has 0 radical (unpaired) electrons. The highest BCUT2D eigenvalue weighted by Crippen LogP contribution is 2.25. The van der Waals surface area contributed by atoms with Gasteiger partial charge in [0.15, 0.2) is 0 Å². The Kier molecular flexibility index (Phi) is 4.08. The molecule has 1 nitrogen and oxygen atoms in total. The van der Waals surface area contributed by atoms with Crippen molar-refractivity contribution in [3.63, 3.8) is 0 Å². The van der Waals surface area contributed by atoms with Crippen LogP contribution in [-0.4, -0.2) is 5.75 Å². The van der Waals surface area contributed by atoms with E-state index in [-0.39, 0.29) is 0 Å². The molecule has 1 aromatic rings. The maximum absolute atomic E-state index is 5.73. The van der Waals surface area contributed by atoms with Gasteiger partial charge in [0.1, 0.15) is 0 Å². The first-order valence-corrected chi connectivity index (χ1v) is 5.71. The van der Waals surface area contributed by atoms with E-state index in [1.807, 2.05) is 23.9 Å².